The number of carbonyl (C=O) groups excluding carboxylic acids is 1. The summed E-state index contributed by atoms with van der Waals surface area (Å²) in [5.74, 6) is 6.52. The van der Waals surface area contributed by atoms with Crippen molar-refractivity contribution in [2.45, 2.75) is 41.7 Å². The molecule has 0 unspecified atom stereocenters. The Hall–Kier alpha value is -3.60. The maximum absolute atomic E-state index is 13.6. The Morgan fingerprint density at radius 2 is 2.00 bits per heavy atom. The fraction of sp³-hybridized carbons (Fsp3) is 0.448. The van der Waals surface area contributed by atoms with Crippen molar-refractivity contribution in [2.75, 3.05) is 57.6 Å². The van der Waals surface area contributed by atoms with Crippen molar-refractivity contribution in [3.63, 3.8) is 0 Å². The standard InChI is InChI=1S/C29H33F3N6O3S/c1-28(11-14-37(15-12-28)20-17-41-18-20)35-25-8-4-7-23-26(42-29(30,31)32)22(36-38(23)25)6-5-13-34-21-10-9-19(27(39)33-2)16-24(21)40-3/h4,7-10,16,20,34-35H,11-15,17-18H2,1-3H3,(H,33,39). The van der Waals surface area contributed by atoms with Crippen molar-refractivity contribution in [2.24, 2.45) is 0 Å². The number of halogens is 3. The summed E-state index contributed by atoms with van der Waals surface area (Å²) in [6.45, 7) is 5.64. The van der Waals surface area contributed by atoms with E-state index in [-0.39, 0.29) is 40.3 Å². The molecular formula is C29H33F3N6O3S. The van der Waals surface area contributed by atoms with Gasteiger partial charge in [0.25, 0.3) is 5.91 Å². The highest BCUT2D eigenvalue weighted by Gasteiger charge is 2.36. The van der Waals surface area contributed by atoms with E-state index in [1.165, 1.54) is 18.7 Å². The van der Waals surface area contributed by atoms with Crippen LogP contribution in [0.15, 0.2) is 41.3 Å². The SMILES string of the molecule is CNC(=O)c1ccc(NCC#Cc2nn3c(NC4(C)CCN(C5COC5)CC4)cccc3c2SC(F)(F)F)c(OC)c1. The van der Waals surface area contributed by atoms with E-state index in [1.807, 2.05) is 6.07 Å². The lowest BCUT2D eigenvalue weighted by atomic mass is 9.88. The monoisotopic (exact) mass is 602 g/mol. The molecule has 2 aliphatic heterocycles. The Kier molecular flexibility index (Phi) is 8.77. The minimum Gasteiger partial charge on any atom is -0.495 e. The van der Waals surface area contributed by atoms with E-state index in [1.54, 1.807) is 30.3 Å². The second-order valence-electron chi connectivity index (χ2n) is 10.5. The largest absolute Gasteiger partial charge is 0.495 e. The minimum atomic E-state index is -4.51. The van der Waals surface area contributed by atoms with Crippen molar-refractivity contribution in [3.05, 3.63) is 47.7 Å². The van der Waals surface area contributed by atoms with Gasteiger partial charge in [-0.3, -0.25) is 9.69 Å². The lowest BCUT2D eigenvalue weighted by molar-refractivity contribution is -0.0737. The fourth-order valence-corrected chi connectivity index (χ4v) is 5.76. The molecule has 13 heteroatoms. The first-order valence-electron chi connectivity index (χ1n) is 13.6. The molecule has 5 rings (SSSR count). The van der Waals surface area contributed by atoms with E-state index in [4.69, 9.17) is 9.47 Å². The number of nitrogens with zero attached hydrogens (tertiary/aromatic N) is 3. The van der Waals surface area contributed by atoms with E-state index in [9.17, 15) is 18.0 Å². The number of amides is 1. The Bertz CT molecular complexity index is 1500. The number of fused-ring (bicyclic) bond motifs is 1. The first kappa shape index (κ1) is 29.9. The minimum absolute atomic E-state index is 0.0419. The molecule has 42 heavy (non-hydrogen) atoms. The quantitative estimate of drug-likeness (QED) is 0.258. The molecule has 3 aromatic rings. The Labute approximate surface area is 246 Å². The number of rotatable bonds is 8. The van der Waals surface area contributed by atoms with Gasteiger partial charge in [0.05, 0.1) is 49.0 Å². The number of piperidine rings is 1. The van der Waals surface area contributed by atoms with Crippen LogP contribution in [0.2, 0.25) is 0 Å². The van der Waals surface area contributed by atoms with E-state index in [0.29, 0.717) is 34.4 Å². The summed E-state index contributed by atoms with van der Waals surface area (Å²) in [6.07, 6.45) is 1.77. The average molecular weight is 603 g/mol. The van der Waals surface area contributed by atoms with E-state index in [0.717, 1.165) is 39.1 Å². The van der Waals surface area contributed by atoms with Crippen LogP contribution in [0, 0.1) is 11.8 Å². The smallest absolute Gasteiger partial charge is 0.446 e. The lowest BCUT2D eigenvalue weighted by Gasteiger charge is -2.45. The number of carbonyl (C=O) groups is 1. The summed E-state index contributed by atoms with van der Waals surface area (Å²) >= 11 is -0.214. The molecule has 2 aliphatic rings. The molecule has 0 saturated carbocycles. The van der Waals surface area contributed by atoms with Crippen LogP contribution in [0.3, 0.4) is 0 Å². The summed E-state index contributed by atoms with van der Waals surface area (Å²) in [4.78, 5) is 14.3. The predicted octanol–water partition coefficient (Wildman–Crippen LogP) is 4.44. The van der Waals surface area contributed by atoms with E-state index in [2.05, 4.69) is 44.7 Å². The van der Waals surface area contributed by atoms with Crippen molar-refractivity contribution in [1.82, 2.24) is 19.8 Å². The molecule has 0 aliphatic carbocycles. The van der Waals surface area contributed by atoms with Crippen LogP contribution >= 0.6 is 11.8 Å². The molecule has 2 saturated heterocycles. The summed E-state index contributed by atoms with van der Waals surface area (Å²) in [6, 6.07) is 10.6. The number of hydrogen-bond donors (Lipinski definition) is 3. The second-order valence-corrected chi connectivity index (χ2v) is 11.6. The van der Waals surface area contributed by atoms with Gasteiger partial charge in [-0.25, -0.2) is 4.52 Å². The number of aromatic nitrogens is 2. The van der Waals surface area contributed by atoms with Crippen LogP contribution in [-0.2, 0) is 4.74 Å². The van der Waals surface area contributed by atoms with Crippen LogP contribution in [0.1, 0.15) is 35.8 Å². The van der Waals surface area contributed by atoms with Crippen molar-refractivity contribution >= 4 is 34.7 Å². The third-order valence-corrected chi connectivity index (χ3v) is 8.40. The summed E-state index contributed by atoms with van der Waals surface area (Å²) < 4.78 is 53.0. The molecular weight excluding hydrogens is 569 g/mol. The Morgan fingerprint density at radius 3 is 2.64 bits per heavy atom. The van der Waals surface area contributed by atoms with E-state index < -0.39 is 5.51 Å². The summed E-state index contributed by atoms with van der Waals surface area (Å²) in [5.41, 5.74) is -3.35. The number of alkyl halides is 3. The van der Waals surface area contributed by atoms with Crippen LogP contribution < -0.4 is 20.7 Å². The molecule has 1 aromatic carbocycles. The van der Waals surface area contributed by atoms with Gasteiger partial charge >= 0.3 is 5.51 Å². The summed E-state index contributed by atoms with van der Waals surface area (Å²) in [5, 5.41) is 13.7. The van der Waals surface area contributed by atoms with Crippen LogP contribution in [0.5, 0.6) is 5.75 Å². The number of likely N-dealkylation sites (tertiary alicyclic amines) is 1. The number of hydrogen-bond acceptors (Lipinski definition) is 8. The fourth-order valence-electron chi connectivity index (χ4n) is 5.08. The van der Waals surface area contributed by atoms with Crippen molar-refractivity contribution < 1.29 is 27.4 Å². The molecule has 4 heterocycles. The first-order chi connectivity index (χ1) is 20.1. The maximum atomic E-state index is 13.6. The highest BCUT2D eigenvalue weighted by Crippen LogP contribution is 2.41. The van der Waals surface area contributed by atoms with E-state index >= 15 is 0 Å². The normalized spacial score (nSPS) is 17.2. The number of thioether (sulfide) groups is 1. The van der Waals surface area contributed by atoms with Gasteiger partial charge in [-0.1, -0.05) is 12.0 Å². The van der Waals surface area contributed by atoms with Gasteiger partial charge in [0.2, 0.25) is 0 Å². The molecule has 3 N–H and O–H groups in total. The maximum Gasteiger partial charge on any atom is 0.446 e. The van der Waals surface area contributed by atoms with Crippen LogP contribution in [0.25, 0.3) is 5.52 Å². The van der Waals surface area contributed by atoms with Gasteiger partial charge in [0.1, 0.15) is 17.3 Å². The van der Waals surface area contributed by atoms with Crippen molar-refractivity contribution in [1.29, 1.82) is 0 Å². The molecule has 2 fully saturated rings. The molecule has 0 atom stereocenters. The zero-order valence-electron chi connectivity index (χ0n) is 23.6. The van der Waals surface area contributed by atoms with Gasteiger partial charge in [-0.15, -0.1) is 0 Å². The zero-order chi connectivity index (χ0) is 29.9. The van der Waals surface area contributed by atoms with Gasteiger partial charge in [-0.05, 0) is 67.8 Å². The number of pyridine rings is 1. The number of benzene rings is 1. The Morgan fingerprint density at radius 1 is 1.24 bits per heavy atom. The average Bonchev–Trinajstić information content (AvgIpc) is 3.27. The summed E-state index contributed by atoms with van der Waals surface area (Å²) in [7, 11) is 3.02. The number of anilines is 2. The number of nitrogens with one attached hydrogen (secondary N) is 3. The van der Waals surface area contributed by atoms with Gasteiger partial charge in [0, 0.05) is 31.2 Å². The van der Waals surface area contributed by atoms with Gasteiger partial charge in [-0.2, -0.15) is 18.3 Å². The Balaban J connectivity index is 1.36. The predicted molar refractivity (Wildman–Crippen MR) is 156 cm³/mol. The third-order valence-electron chi connectivity index (χ3n) is 7.56. The van der Waals surface area contributed by atoms with Crippen LogP contribution in [0.4, 0.5) is 24.7 Å². The molecule has 1 amide bonds. The number of methoxy groups -OCH3 is 1. The highest BCUT2D eigenvalue weighted by molar-refractivity contribution is 8.00. The number of ether oxygens (including phenoxy) is 2. The molecule has 2 aromatic heterocycles. The highest BCUT2D eigenvalue weighted by atomic mass is 32.2. The van der Waals surface area contributed by atoms with Crippen molar-refractivity contribution in [3.8, 4) is 17.6 Å². The molecule has 0 bridgehead atoms. The first-order valence-corrected chi connectivity index (χ1v) is 14.4. The van der Waals surface area contributed by atoms with Crippen LogP contribution in [-0.4, -0.2) is 84.5 Å². The topological polar surface area (TPSA) is 92.2 Å². The molecule has 0 spiro atoms. The second kappa shape index (κ2) is 12.3. The molecule has 0 radical (unpaired) electrons. The lowest BCUT2D eigenvalue weighted by Crippen LogP contribution is -2.56. The third kappa shape index (κ3) is 6.72. The van der Waals surface area contributed by atoms with Gasteiger partial charge in [0.15, 0.2) is 0 Å². The molecule has 224 valence electrons. The zero-order valence-corrected chi connectivity index (χ0v) is 24.4. The molecule has 9 nitrogen and oxygen atoms in total. The van der Waals surface area contributed by atoms with Gasteiger partial charge < -0.3 is 25.4 Å².